The number of nitrogens with one attached hydrogen (secondary N) is 2. The van der Waals surface area contributed by atoms with Gasteiger partial charge in [-0.2, -0.15) is 4.98 Å². The Morgan fingerprint density at radius 1 is 1.12 bits per heavy atom. The molecule has 13 heteroatoms. The van der Waals surface area contributed by atoms with Crippen LogP contribution < -0.4 is 25.2 Å². The van der Waals surface area contributed by atoms with E-state index in [-0.39, 0.29) is 35.9 Å². The van der Waals surface area contributed by atoms with Crippen LogP contribution in [0.15, 0.2) is 42.6 Å². The Morgan fingerprint density at radius 2 is 1.90 bits per heavy atom. The highest BCUT2D eigenvalue weighted by Gasteiger charge is 2.32. The zero-order valence-electron chi connectivity index (χ0n) is 21.4. The Bertz CT molecular complexity index is 1450. The predicted molar refractivity (Wildman–Crippen MR) is 152 cm³/mol. The second-order valence-corrected chi connectivity index (χ2v) is 10.6. The molecule has 3 aliphatic heterocycles. The minimum Gasteiger partial charge on any atom is -0.455 e. The van der Waals surface area contributed by atoms with Crippen LogP contribution in [0.5, 0.6) is 5.88 Å². The van der Waals surface area contributed by atoms with Crippen molar-refractivity contribution >= 4 is 58.0 Å². The third kappa shape index (κ3) is 5.13. The topological polar surface area (TPSA) is 123 Å². The molecule has 40 heavy (non-hydrogen) atoms. The maximum atomic E-state index is 13.5. The van der Waals surface area contributed by atoms with Gasteiger partial charge in [-0.15, -0.1) is 0 Å². The van der Waals surface area contributed by atoms with Gasteiger partial charge in [-0.1, -0.05) is 29.3 Å². The Morgan fingerprint density at radius 3 is 2.62 bits per heavy atom. The summed E-state index contributed by atoms with van der Waals surface area (Å²) >= 11 is 12.6. The highest BCUT2D eigenvalue weighted by Crippen LogP contribution is 2.37. The standard InChI is InChI=1S/C27H27Cl2N7O4/c28-20-2-1-3-21(29)23(20)36-15-40-24-19(26(36)39)13-31-27(33-24)32-16-4-5-22(34-10-7-30-8-11-34)18(12-16)25(38)35-9-6-17(37)14-35/h1-5,12-13,17,30,37H,6-11,14-15H2,(H,31,32,33). The lowest BCUT2D eigenvalue weighted by molar-refractivity contribution is 0.0765. The smallest absolute Gasteiger partial charge is 0.268 e. The van der Waals surface area contributed by atoms with E-state index < -0.39 is 6.10 Å². The van der Waals surface area contributed by atoms with Crippen LogP contribution in [0, 0.1) is 0 Å². The molecule has 3 aromatic rings. The quantitative estimate of drug-likeness (QED) is 0.415. The van der Waals surface area contributed by atoms with Crippen molar-refractivity contribution in [2.75, 3.05) is 61.1 Å². The summed E-state index contributed by atoms with van der Waals surface area (Å²) in [5.41, 5.74) is 2.52. The molecule has 2 aromatic carbocycles. The number of likely N-dealkylation sites (tertiary alicyclic amines) is 1. The normalized spacial score (nSPS) is 18.9. The molecule has 1 atom stereocenters. The molecule has 4 heterocycles. The Labute approximate surface area is 240 Å². The van der Waals surface area contributed by atoms with Crippen molar-refractivity contribution in [2.24, 2.45) is 0 Å². The van der Waals surface area contributed by atoms with E-state index in [0.717, 1.165) is 31.9 Å². The van der Waals surface area contributed by atoms with Crippen LogP contribution in [0.4, 0.5) is 23.0 Å². The van der Waals surface area contributed by atoms with Crippen LogP contribution in [0.1, 0.15) is 27.1 Å². The number of carbonyl (C=O) groups is 2. The van der Waals surface area contributed by atoms with Gasteiger partial charge in [0, 0.05) is 56.8 Å². The van der Waals surface area contributed by atoms with E-state index in [0.29, 0.717) is 46.5 Å². The van der Waals surface area contributed by atoms with Gasteiger partial charge < -0.3 is 30.3 Å². The van der Waals surface area contributed by atoms with Gasteiger partial charge in [0.15, 0.2) is 6.73 Å². The number of carbonyl (C=O) groups excluding carboxylic acids is 2. The highest BCUT2D eigenvalue weighted by atomic mass is 35.5. The van der Waals surface area contributed by atoms with Gasteiger partial charge in [0.05, 0.1) is 27.4 Å². The van der Waals surface area contributed by atoms with Crippen molar-refractivity contribution in [1.29, 1.82) is 0 Å². The zero-order valence-corrected chi connectivity index (χ0v) is 23.0. The van der Waals surface area contributed by atoms with Crippen LogP contribution in [0.3, 0.4) is 0 Å². The van der Waals surface area contributed by atoms with Crippen molar-refractivity contribution < 1.29 is 19.4 Å². The summed E-state index contributed by atoms with van der Waals surface area (Å²) in [7, 11) is 0. The molecule has 2 fully saturated rings. The number of anilines is 4. The number of aliphatic hydroxyl groups excluding tert-OH is 1. The van der Waals surface area contributed by atoms with Crippen LogP contribution >= 0.6 is 23.2 Å². The fourth-order valence-corrected chi connectivity index (χ4v) is 5.72. The second kappa shape index (κ2) is 11.1. The van der Waals surface area contributed by atoms with E-state index in [1.807, 2.05) is 12.1 Å². The number of amides is 2. The van der Waals surface area contributed by atoms with Gasteiger partial charge in [-0.05, 0) is 36.8 Å². The predicted octanol–water partition coefficient (Wildman–Crippen LogP) is 3.14. The van der Waals surface area contributed by atoms with Crippen molar-refractivity contribution in [2.45, 2.75) is 12.5 Å². The van der Waals surface area contributed by atoms with Crippen LogP contribution in [0.25, 0.3) is 0 Å². The zero-order chi connectivity index (χ0) is 27.8. The summed E-state index contributed by atoms with van der Waals surface area (Å²) in [5, 5.41) is 17.1. The van der Waals surface area contributed by atoms with E-state index in [4.69, 9.17) is 27.9 Å². The molecule has 0 bridgehead atoms. The minimum atomic E-state index is -0.510. The van der Waals surface area contributed by atoms with Gasteiger partial charge in [-0.25, -0.2) is 4.98 Å². The molecule has 1 aromatic heterocycles. The molecule has 0 aliphatic carbocycles. The van der Waals surface area contributed by atoms with E-state index in [1.165, 1.54) is 11.1 Å². The summed E-state index contributed by atoms with van der Waals surface area (Å²) in [6.45, 7) is 3.93. The first kappa shape index (κ1) is 26.6. The average Bonchev–Trinajstić information content (AvgIpc) is 3.40. The molecule has 0 radical (unpaired) electrons. The highest BCUT2D eigenvalue weighted by molar-refractivity contribution is 6.40. The molecule has 11 nitrogen and oxygen atoms in total. The van der Waals surface area contributed by atoms with Gasteiger partial charge >= 0.3 is 0 Å². The third-order valence-electron chi connectivity index (χ3n) is 7.16. The third-order valence-corrected chi connectivity index (χ3v) is 7.77. The van der Waals surface area contributed by atoms with Gasteiger partial charge in [0.1, 0.15) is 5.56 Å². The number of piperazine rings is 1. The number of β-amino-alcohol motifs (C(OH)–C–C–N with tert-alkyl or cyclic N) is 1. The maximum Gasteiger partial charge on any atom is 0.268 e. The van der Waals surface area contributed by atoms with Crippen LogP contribution in [-0.2, 0) is 0 Å². The van der Waals surface area contributed by atoms with E-state index in [1.54, 1.807) is 29.2 Å². The number of ether oxygens (including phenoxy) is 1. The van der Waals surface area contributed by atoms with Crippen molar-refractivity contribution in [1.82, 2.24) is 20.2 Å². The van der Waals surface area contributed by atoms with Gasteiger partial charge in [0.25, 0.3) is 11.8 Å². The fourth-order valence-electron chi connectivity index (χ4n) is 5.12. The maximum absolute atomic E-state index is 13.5. The van der Waals surface area contributed by atoms with E-state index in [9.17, 15) is 14.7 Å². The Balaban J connectivity index is 1.26. The van der Waals surface area contributed by atoms with Crippen molar-refractivity contribution in [3.63, 3.8) is 0 Å². The van der Waals surface area contributed by atoms with E-state index in [2.05, 4.69) is 25.5 Å². The number of hydrogen-bond donors (Lipinski definition) is 3. The Hall–Kier alpha value is -3.64. The number of aromatic nitrogens is 2. The number of rotatable bonds is 5. The van der Waals surface area contributed by atoms with Crippen molar-refractivity contribution in [3.05, 3.63) is 63.8 Å². The molecular formula is C27H27Cl2N7O4. The number of hydrogen-bond acceptors (Lipinski definition) is 9. The van der Waals surface area contributed by atoms with Gasteiger partial charge in [-0.3, -0.25) is 14.5 Å². The molecule has 208 valence electrons. The van der Waals surface area contributed by atoms with Crippen LogP contribution in [0.2, 0.25) is 10.0 Å². The first-order valence-electron chi connectivity index (χ1n) is 13.0. The lowest BCUT2D eigenvalue weighted by Crippen LogP contribution is -2.44. The number of nitrogens with zero attached hydrogens (tertiary/aromatic N) is 5. The number of benzene rings is 2. The first-order chi connectivity index (χ1) is 19.4. The summed E-state index contributed by atoms with van der Waals surface area (Å²) in [6.07, 6.45) is 1.44. The number of fused-ring (bicyclic) bond motifs is 1. The molecule has 0 spiro atoms. The monoisotopic (exact) mass is 583 g/mol. The number of halogens is 2. The average molecular weight is 584 g/mol. The molecule has 0 saturated carbocycles. The molecule has 3 N–H and O–H groups in total. The SMILES string of the molecule is O=C(c1cc(Nc2ncc3c(n2)OCN(c2c(Cl)cccc2Cl)C3=O)ccc1N1CCNCC1)N1CCC(O)C1. The summed E-state index contributed by atoms with van der Waals surface area (Å²) in [6, 6.07) is 10.5. The molecule has 2 amide bonds. The molecule has 2 saturated heterocycles. The van der Waals surface area contributed by atoms with Crippen LogP contribution in [-0.4, -0.2) is 83.9 Å². The number of para-hydroxylation sites is 1. The van der Waals surface area contributed by atoms with Crippen molar-refractivity contribution in [3.8, 4) is 5.88 Å². The number of aliphatic hydroxyl groups is 1. The molecule has 3 aliphatic rings. The largest absolute Gasteiger partial charge is 0.455 e. The summed E-state index contributed by atoms with van der Waals surface area (Å²) in [4.78, 5) is 40.7. The molecular weight excluding hydrogens is 557 g/mol. The molecule has 6 rings (SSSR count). The Kier molecular flexibility index (Phi) is 7.37. The first-order valence-corrected chi connectivity index (χ1v) is 13.7. The lowest BCUT2D eigenvalue weighted by atomic mass is 10.1. The summed E-state index contributed by atoms with van der Waals surface area (Å²) in [5.74, 6) is -0.182. The fraction of sp³-hybridized carbons (Fsp3) is 0.333. The lowest BCUT2D eigenvalue weighted by Gasteiger charge is -2.32. The minimum absolute atomic E-state index is 0.120. The van der Waals surface area contributed by atoms with E-state index >= 15 is 0 Å². The van der Waals surface area contributed by atoms with Gasteiger partial charge in [0.2, 0.25) is 11.8 Å². The molecule has 1 unspecified atom stereocenters. The summed E-state index contributed by atoms with van der Waals surface area (Å²) < 4.78 is 5.79. The second-order valence-electron chi connectivity index (χ2n) is 9.78.